The van der Waals surface area contributed by atoms with E-state index in [9.17, 15) is 4.79 Å². The molecule has 1 aliphatic rings. The third-order valence-electron chi connectivity index (χ3n) is 4.56. The summed E-state index contributed by atoms with van der Waals surface area (Å²) in [6, 6.07) is 7.99. The molecule has 0 bridgehead atoms. The van der Waals surface area contributed by atoms with Crippen molar-refractivity contribution in [3.05, 3.63) is 59.5 Å². The largest absolute Gasteiger partial charge is 0.493 e. The maximum atomic E-state index is 12.5. The molecule has 0 spiro atoms. The zero-order chi connectivity index (χ0) is 17.9. The summed E-state index contributed by atoms with van der Waals surface area (Å²) < 4.78 is 7.33. The first kappa shape index (κ1) is 16.5. The minimum absolute atomic E-state index is 0.0500. The maximum Gasteiger partial charge on any atom is 0.256 e. The second kappa shape index (κ2) is 7.13. The number of nitrogens with zero attached hydrogens (tertiary/aromatic N) is 3. The first-order valence-electron chi connectivity index (χ1n) is 8.66. The van der Waals surface area contributed by atoms with Gasteiger partial charge in [0, 0.05) is 31.5 Å². The summed E-state index contributed by atoms with van der Waals surface area (Å²) in [6.07, 6.45) is 6.35. The summed E-state index contributed by atoms with van der Waals surface area (Å²) >= 11 is 0. The van der Waals surface area contributed by atoms with Gasteiger partial charge < -0.3 is 15.2 Å². The van der Waals surface area contributed by atoms with E-state index in [0.717, 1.165) is 17.7 Å². The molecular formula is C19H20N4O3. The monoisotopic (exact) mass is 352 g/mol. The summed E-state index contributed by atoms with van der Waals surface area (Å²) in [4.78, 5) is 16.8. The van der Waals surface area contributed by atoms with Gasteiger partial charge in [0.2, 0.25) is 0 Å². The fraction of sp³-hybridized carbons (Fsp3) is 0.316. The van der Waals surface area contributed by atoms with Crippen LogP contribution in [0.25, 0.3) is 5.65 Å². The van der Waals surface area contributed by atoms with E-state index in [-0.39, 0.29) is 18.4 Å². The molecule has 4 rings (SSSR count). The fourth-order valence-electron chi connectivity index (χ4n) is 3.19. The Morgan fingerprint density at radius 3 is 3.12 bits per heavy atom. The normalized spacial score (nSPS) is 16.1. The lowest BCUT2D eigenvalue weighted by atomic mass is 9.97. The van der Waals surface area contributed by atoms with E-state index >= 15 is 0 Å². The molecule has 1 atom stereocenters. The van der Waals surface area contributed by atoms with Gasteiger partial charge in [0.1, 0.15) is 11.3 Å². The Labute approximate surface area is 150 Å². The number of carbonyl (C=O) groups excluding carboxylic acids is 1. The van der Waals surface area contributed by atoms with Crippen LogP contribution in [0.2, 0.25) is 0 Å². The van der Waals surface area contributed by atoms with Crippen molar-refractivity contribution in [3.63, 3.8) is 0 Å². The Balaban J connectivity index is 1.42. The molecule has 0 aliphatic carbocycles. The van der Waals surface area contributed by atoms with Gasteiger partial charge in [-0.05, 0) is 30.0 Å². The molecule has 3 aromatic rings. The van der Waals surface area contributed by atoms with Crippen molar-refractivity contribution in [2.75, 3.05) is 19.8 Å². The first-order chi connectivity index (χ1) is 12.7. The molecule has 0 saturated heterocycles. The molecule has 1 amide bonds. The highest BCUT2D eigenvalue weighted by atomic mass is 16.5. The summed E-state index contributed by atoms with van der Waals surface area (Å²) in [5.41, 5.74) is 2.99. The predicted molar refractivity (Wildman–Crippen MR) is 95.2 cm³/mol. The van der Waals surface area contributed by atoms with Crippen molar-refractivity contribution in [1.29, 1.82) is 0 Å². The van der Waals surface area contributed by atoms with Crippen LogP contribution in [0.5, 0.6) is 5.75 Å². The van der Waals surface area contributed by atoms with E-state index in [2.05, 4.69) is 21.5 Å². The molecule has 1 aromatic carbocycles. The zero-order valence-electron chi connectivity index (χ0n) is 14.3. The SMILES string of the molecule is O=C(NCC1COc2ccccc2C1)c1cnn2cc(CCO)cnc12. The number of hydrogen-bond donors (Lipinski definition) is 2. The number of benzene rings is 1. The van der Waals surface area contributed by atoms with Crippen LogP contribution in [0.1, 0.15) is 21.5 Å². The third kappa shape index (κ3) is 3.25. The molecule has 26 heavy (non-hydrogen) atoms. The number of aromatic nitrogens is 3. The molecule has 7 nitrogen and oxygen atoms in total. The average Bonchev–Trinajstić information content (AvgIpc) is 3.09. The third-order valence-corrected chi connectivity index (χ3v) is 4.56. The number of amides is 1. The van der Waals surface area contributed by atoms with Crippen LogP contribution in [0, 0.1) is 5.92 Å². The number of para-hydroxylation sites is 1. The van der Waals surface area contributed by atoms with Crippen molar-refractivity contribution in [2.45, 2.75) is 12.8 Å². The number of aliphatic hydroxyl groups excluding tert-OH is 1. The van der Waals surface area contributed by atoms with Crippen molar-refractivity contribution in [2.24, 2.45) is 5.92 Å². The van der Waals surface area contributed by atoms with Gasteiger partial charge in [-0.1, -0.05) is 18.2 Å². The van der Waals surface area contributed by atoms with Gasteiger partial charge in [0.05, 0.1) is 12.8 Å². The van der Waals surface area contributed by atoms with Gasteiger partial charge in [-0.15, -0.1) is 0 Å². The average molecular weight is 352 g/mol. The molecule has 2 aromatic heterocycles. The molecule has 1 aliphatic heterocycles. The molecule has 7 heteroatoms. The summed E-state index contributed by atoms with van der Waals surface area (Å²) in [5, 5.41) is 16.2. The second-order valence-electron chi connectivity index (χ2n) is 6.46. The highest BCUT2D eigenvalue weighted by Gasteiger charge is 2.21. The lowest BCUT2D eigenvalue weighted by Gasteiger charge is -2.25. The molecule has 134 valence electrons. The highest BCUT2D eigenvalue weighted by molar-refractivity contribution is 5.99. The number of carbonyl (C=O) groups is 1. The summed E-state index contributed by atoms with van der Waals surface area (Å²) in [7, 11) is 0. The van der Waals surface area contributed by atoms with Crippen LogP contribution in [0.3, 0.4) is 0 Å². The summed E-state index contributed by atoms with van der Waals surface area (Å²) in [6.45, 7) is 1.18. The standard InChI is InChI=1S/C19H20N4O3/c24-6-5-13-8-20-18-16(10-22-23(18)11-13)19(25)21-9-14-7-15-3-1-2-4-17(15)26-12-14/h1-4,8,10-11,14,24H,5-7,9,12H2,(H,21,25). The quantitative estimate of drug-likeness (QED) is 0.721. The van der Waals surface area contributed by atoms with Gasteiger partial charge in [0.15, 0.2) is 5.65 Å². The highest BCUT2D eigenvalue weighted by Crippen LogP contribution is 2.26. The van der Waals surface area contributed by atoms with Gasteiger partial charge in [-0.3, -0.25) is 4.79 Å². The van der Waals surface area contributed by atoms with Crippen LogP contribution in [-0.4, -0.2) is 45.4 Å². The van der Waals surface area contributed by atoms with E-state index in [4.69, 9.17) is 9.84 Å². The van der Waals surface area contributed by atoms with Crippen LogP contribution in [0.15, 0.2) is 42.9 Å². The second-order valence-corrected chi connectivity index (χ2v) is 6.46. The minimum atomic E-state index is -0.193. The van der Waals surface area contributed by atoms with Gasteiger partial charge in [-0.2, -0.15) is 5.10 Å². The first-order valence-corrected chi connectivity index (χ1v) is 8.66. The van der Waals surface area contributed by atoms with Crippen LogP contribution in [-0.2, 0) is 12.8 Å². The Bertz CT molecular complexity index is 937. The number of nitrogens with one attached hydrogen (secondary N) is 1. The van der Waals surface area contributed by atoms with Crippen LogP contribution in [0.4, 0.5) is 0 Å². The topological polar surface area (TPSA) is 88.8 Å². The lowest BCUT2D eigenvalue weighted by molar-refractivity contribution is 0.0940. The van der Waals surface area contributed by atoms with Crippen molar-refractivity contribution >= 4 is 11.6 Å². The van der Waals surface area contributed by atoms with Crippen LogP contribution < -0.4 is 10.1 Å². The minimum Gasteiger partial charge on any atom is -0.493 e. The molecule has 2 N–H and O–H groups in total. The predicted octanol–water partition coefficient (Wildman–Crippen LogP) is 1.25. The lowest BCUT2D eigenvalue weighted by Crippen LogP contribution is -2.34. The van der Waals surface area contributed by atoms with E-state index in [1.807, 2.05) is 18.2 Å². The van der Waals surface area contributed by atoms with Gasteiger partial charge in [0.25, 0.3) is 5.91 Å². The molecule has 3 heterocycles. The molecule has 0 saturated carbocycles. The smallest absolute Gasteiger partial charge is 0.256 e. The number of rotatable bonds is 5. The van der Waals surface area contributed by atoms with Gasteiger partial charge >= 0.3 is 0 Å². The van der Waals surface area contributed by atoms with E-state index in [1.54, 1.807) is 16.9 Å². The van der Waals surface area contributed by atoms with Gasteiger partial charge in [-0.25, -0.2) is 9.50 Å². The Morgan fingerprint density at radius 1 is 1.35 bits per heavy atom. The number of aliphatic hydroxyl groups is 1. The van der Waals surface area contributed by atoms with E-state index in [0.29, 0.717) is 30.8 Å². The molecule has 0 radical (unpaired) electrons. The molecule has 0 fully saturated rings. The van der Waals surface area contributed by atoms with Crippen molar-refractivity contribution in [3.8, 4) is 5.75 Å². The zero-order valence-corrected chi connectivity index (χ0v) is 14.3. The number of fused-ring (bicyclic) bond motifs is 2. The van der Waals surface area contributed by atoms with Crippen molar-refractivity contribution in [1.82, 2.24) is 19.9 Å². The molecular weight excluding hydrogens is 332 g/mol. The maximum absolute atomic E-state index is 12.5. The van der Waals surface area contributed by atoms with E-state index < -0.39 is 0 Å². The Hall–Kier alpha value is -2.93. The summed E-state index contributed by atoms with van der Waals surface area (Å²) in [5.74, 6) is 0.974. The van der Waals surface area contributed by atoms with E-state index in [1.165, 1.54) is 11.8 Å². The Kier molecular flexibility index (Phi) is 4.53. The molecule has 1 unspecified atom stereocenters. The van der Waals surface area contributed by atoms with Crippen LogP contribution >= 0.6 is 0 Å². The Morgan fingerprint density at radius 2 is 2.23 bits per heavy atom. The van der Waals surface area contributed by atoms with Crippen molar-refractivity contribution < 1.29 is 14.6 Å². The number of ether oxygens (including phenoxy) is 1. The number of hydrogen-bond acceptors (Lipinski definition) is 5. The fourth-order valence-corrected chi connectivity index (χ4v) is 3.19.